The van der Waals surface area contributed by atoms with E-state index in [0.717, 1.165) is 23.3 Å². The first-order valence-corrected chi connectivity index (χ1v) is 12.2. The van der Waals surface area contributed by atoms with E-state index >= 15 is 0 Å². The number of rotatable bonds is 7. The SMILES string of the molecule is O=C(OCc1ccccc1)N1CCC(C(=O)NCCc2cccc(C(F)(F)F)c2)(c2ccccc2)CC1. The van der Waals surface area contributed by atoms with Crippen LogP contribution in [0.5, 0.6) is 0 Å². The van der Waals surface area contributed by atoms with Crippen molar-refractivity contribution in [1.29, 1.82) is 0 Å². The topological polar surface area (TPSA) is 58.6 Å². The number of nitrogens with one attached hydrogen (secondary N) is 1. The summed E-state index contributed by atoms with van der Waals surface area (Å²) in [5, 5.41) is 2.93. The molecule has 0 bridgehead atoms. The van der Waals surface area contributed by atoms with Gasteiger partial charge in [-0.25, -0.2) is 4.79 Å². The smallest absolute Gasteiger partial charge is 0.416 e. The molecule has 0 spiro atoms. The summed E-state index contributed by atoms with van der Waals surface area (Å²) in [5.41, 5.74) is 0.699. The van der Waals surface area contributed by atoms with Crippen LogP contribution in [0.25, 0.3) is 0 Å². The average Bonchev–Trinajstić information content (AvgIpc) is 2.92. The van der Waals surface area contributed by atoms with Crippen LogP contribution in [0.1, 0.15) is 35.1 Å². The van der Waals surface area contributed by atoms with Crippen LogP contribution in [0.15, 0.2) is 84.9 Å². The van der Waals surface area contributed by atoms with Gasteiger partial charge in [-0.15, -0.1) is 0 Å². The van der Waals surface area contributed by atoms with E-state index in [4.69, 9.17) is 4.74 Å². The number of halogens is 3. The van der Waals surface area contributed by atoms with Crippen LogP contribution in [0, 0.1) is 0 Å². The molecular formula is C29H29F3N2O3. The van der Waals surface area contributed by atoms with Gasteiger partial charge >= 0.3 is 12.3 Å². The highest BCUT2D eigenvalue weighted by Crippen LogP contribution is 2.36. The Bertz CT molecular complexity index is 1190. The van der Waals surface area contributed by atoms with Crippen LogP contribution in [0.3, 0.4) is 0 Å². The maximum Gasteiger partial charge on any atom is 0.416 e. The van der Waals surface area contributed by atoms with Crippen molar-refractivity contribution in [3.63, 3.8) is 0 Å². The highest BCUT2D eigenvalue weighted by molar-refractivity contribution is 5.88. The molecule has 1 N–H and O–H groups in total. The molecule has 1 heterocycles. The van der Waals surface area contributed by atoms with Crippen LogP contribution in [-0.2, 0) is 34.2 Å². The summed E-state index contributed by atoms with van der Waals surface area (Å²) in [6.07, 6.45) is -3.74. The summed E-state index contributed by atoms with van der Waals surface area (Å²) in [4.78, 5) is 27.7. The third-order valence-corrected chi connectivity index (χ3v) is 6.79. The Morgan fingerprint density at radius 1 is 0.865 bits per heavy atom. The fourth-order valence-corrected chi connectivity index (χ4v) is 4.68. The first kappa shape index (κ1) is 26.3. The first-order chi connectivity index (χ1) is 17.8. The minimum Gasteiger partial charge on any atom is -0.445 e. The van der Waals surface area contributed by atoms with Crippen molar-refractivity contribution < 1.29 is 27.5 Å². The molecule has 1 fully saturated rings. The fraction of sp³-hybridized carbons (Fsp3) is 0.310. The number of carbonyl (C=O) groups is 2. The highest BCUT2D eigenvalue weighted by atomic mass is 19.4. The van der Waals surface area contributed by atoms with Crippen molar-refractivity contribution in [2.45, 2.75) is 37.5 Å². The molecule has 4 rings (SSSR count). The second-order valence-corrected chi connectivity index (χ2v) is 9.18. The monoisotopic (exact) mass is 510 g/mol. The highest BCUT2D eigenvalue weighted by Gasteiger charge is 2.43. The Morgan fingerprint density at radius 3 is 2.14 bits per heavy atom. The summed E-state index contributed by atoms with van der Waals surface area (Å²) < 4.78 is 44.5. The van der Waals surface area contributed by atoms with Gasteiger partial charge in [0, 0.05) is 19.6 Å². The van der Waals surface area contributed by atoms with Gasteiger partial charge < -0.3 is 15.0 Å². The Kier molecular flexibility index (Phi) is 8.16. The summed E-state index contributed by atoms with van der Waals surface area (Å²) >= 11 is 0. The predicted molar refractivity (Wildman–Crippen MR) is 134 cm³/mol. The molecule has 2 amide bonds. The Labute approximate surface area is 214 Å². The Morgan fingerprint density at radius 2 is 1.49 bits per heavy atom. The number of alkyl halides is 3. The molecule has 194 valence electrons. The molecule has 5 nitrogen and oxygen atoms in total. The van der Waals surface area contributed by atoms with E-state index in [1.807, 2.05) is 60.7 Å². The van der Waals surface area contributed by atoms with Crippen molar-refractivity contribution in [2.24, 2.45) is 0 Å². The quantitative estimate of drug-likeness (QED) is 0.441. The van der Waals surface area contributed by atoms with Gasteiger partial charge in [0.25, 0.3) is 0 Å². The summed E-state index contributed by atoms with van der Waals surface area (Å²) in [6, 6.07) is 24.0. The molecule has 1 aliphatic heterocycles. The molecule has 3 aromatic rings. The molecule has 3 aromatic carbocycles. The lowest BCUT2D eigenvalue weighted by molar-refractivity contribution is -0.137. The van der Waals surface area contributed by atoms with Gasteiger partial charge in [0.2, 0.25) is 5.91 Å². The number of nitrogens with zero attached hydrogens (tertiary/aromatic N) is 1. The minimum absolute atomic E-state index is 0.177. The molecule has 37 heavy (non-hydrogen) atoms. The fourth-order valence-electron chi connectivity index (χ4n) is 4.68. The molecule has 0 unspecified atom stereocenters. The number of likely N-dealkylation sites (tertiary alicyclic amines) is 1. The third-order valence-electron chi connectivity index (χ3n) is 6.79. The van der Waals surface area contributed by atoms with Crippen molar-refractivity contribution in [3.8, 4) is 0 Å². The molecular weight excluding hydrogens is 481 g/mol. The molecule has 1 saturated heterocycles. The second-order valence-electron chi connectivity index (χ2n) is 9.18. The molecule has 0 atom stereocenters. The lowest BCUT2D eigenvalue weighted by Crippen LogP contribution is -2.53. The van der Waals surface area contributed by atoms with E-state index in [1.54, 1.807) is 11.0 Å². The van der Waals surface area contributed by atoms with Crippen LogP contribution < -0.4 is 5.32 Å². The summed E-state index contributed by atoms with van der Waals surface area (Å²) in [6.45, 7) is 1.08. The van der Waals surface area contributed by atoms with Gasteiger partial charge in [0.15, 0.2) is 0 Å². The number of ether oxygens (including phenoxy) is 1. The van der Waals surface area contributed by atoms with Crippen molar-refractivity contribution in [2.75, 3.05) is 19.6 Å². The Balaban J connectivity index is 1.39. The number of hydrogen-bond donors (Lipinski definition) is 1. The number of benzene rings is 3. The summed E-state index contributed by atoms with van der Waals surface area (Å²) in [7, 11) is 0. The normalized spacial score (nSPS) is 15.2. The third kappa shape index (κ3) is 6.50. The maximum atomic E-state index is 13.5. The van der Waals surface area contributed by atoms with E-state index in [-0.39, 0.29) is 25.5 Å². The lowest BCUT2D eigenvalue weighted by atomic mass is 9.72. The zero-order chi connectivity index (χ0) is 26.3. The van der Waals surface area contributed by atoms with E-state index < -0.39 is 23.2 Å². The lowest BCUT2D eigenvalue weighted by Gasteiger charge is -2.40. The Hall–Kier alpha value is -3.81. The van der Waals surface area contributed by atoms with Crippen LogP contribution in [-0.4, -0.2) is 36.5 Å². The number of amides is 2. The second kappa shape index (κ2) is 11.5. The van der Waals surface area contributed by atoms with Gasteiger partial charge in [-0.2, -0.15) is 13.2 Å². The van der Waals surface area contributed by atoms with Crippen molar-refractivity contribution >= 4 is 12.0 Å². The van der Waals surface area contributed by atoms with E-state index in [0.29, 0.717) is 31.5 Å². The van der Waals surface area contributed by atoms with E-state index in [1.165, 1.54) is 6.07 Å². The average molecular weight is 511 g/mol. The van der Waals surface area contributed by atoms with Gasteiger partial charge in [-0.05, 0) is 42.0 Å². The van der Waals surface area contributed by atoms with E-state index in [9.17, 15) is 22.8 Å². The van der Waals surface area contributed by atoms with Crippen LogP contribution >= 0.6 is 0 Å². The minimum atomic E-state index is -4.41. The van der Waals surface area contributed by atoms with Gasteiger partial charge in [0.1, 0.15) is 6.61 Å². The molecule has 0 aromatic heterocycles. The van der Waals surface area contributed by atoms with Crippen molar-refractivity contribution in [3.05, 3.63) is 107 Å². The van der Waals surface area contributed by atoms with Gasteiger partial charge in [-0.1, -0.05) is 78.9 Å². The van der Waals surface area contributed by atoms with Gasteiger partial charge in [0.05, 0.1) is 11.0 Å². The zero-order valence-electron chi connectivity index (χ0n) is 20.3. The predicted octanol–water partition coefficient (Wildman–Crippen LogP) is 5.73. The number of hydrogen-bond acceptors (Lipinski definition) is 3. The van der Waals surface area contributed by atoms with Crippen molar-refractivity contribution in [1.82, 2.24) is 10.2 Å². The number of carbonyl (C=O) groups excluding carboxylic acids is 2. The molecule has 0 aliphatic carbocycles. The van der Waals surface area contributed by atoms with Gasteiger partial charge in [-0.3, -0.25) is 4.79 Å². The molecule has 1 aliphatic rings. The standard InChI is InChI=1S/C29H29F3N2O3/c30-29(31,32)25-13-7-10-22(20-25)14-17-33-26(35)28(24-11-5-2-6-12-24)15-18-34(19-16-28)27(36)37-21-23-8-3-1-4-9-23/h1-13,20H,14-19,21H2,(H,33,35). The number of piperidine rings is 1. The first-order valence-electron chi connectivity index (χ1n) is 12.2. The summed E-state index contributed by atoms with van der Waals surface area (Å²) in [5.74, 6) is -0.192. The largest absolute Gasteiger partial charge is 0.445 e. The molecule has 0 saturated carbocycles. The molecule has 8 heteroatoms. The zero-order valence-corrected chi connectivity index (χ0v) is 20.3. The van der Waals surface area contributed by atoms with Crippen LogP contribution in [0.2, 0.25) is 0 Å². The molecule has 0 radical (unpaired) electrons. The van der Waals surface area contributed by atoms with Crippen LogP contribution in [0.4, 0.5) is 18.0 Å². The maximum absolute atomic E-state index is 13.5. The van der Waals surface area contributed by atoms with E-state index in [2.05, 4.69) is 5.32 Å².